The molecule has 1 fully saturated rings. The fraction of sp³-hybridized carbons (Fsp3) is 0.562. The molecule has 0 saturated heterocycles. The molecule has 0 aromatic heterocycles. The Hall–Kier alpha value is -1.44. The minimum atomic E-state index is -3.54. The quantitative estimate of drug-likeness (QED) is 0.670. The molecule has 0 bridgehead atoms. The highest BCUT2D eigenvalue weighted by atomic mass is 32.2. The van der Waals surface area contributed by atoms with Crippen LogP contribution in [0, 0.1) is 0 Å². The van der Waals surface area contributed by atoms with Gasteiger partial charge in [0.2, 0.25) is 10.0 Å². The minimum Gasteiger partial charge on any atom is -0.379 e. The van der Waals surface area contributed by atoms with Crippen molar-refractivity contribution in [3.05, 3.63) is 29.8 Å². The van der Waals surface area contributed by atoms with Crippen molar-refractivity contribution in [1.29, 1.82) is 0 Å². The lowest BCUT2D eigenvalue weighted by atomic mass is 10.2. The molecule has 2 rings (SSSR count). The second kappa shape index (κ2) is 7.90. The molecule has 0 radical (unpaired) electrons. The molecule has 1 aromatic rings. The van der Waals surface area contributed by atoms with Gasteiger partial charge in [-0.05, 0) is 51.3 Å². The van der Waals surface area contributed by atoms with Crippen LogP contribution in [0.15, 0.2) is 29.2 Å². The first kappa shape index (κ1) is 17.9. The third-order valence-electron chi connectivity index (χ3n) is 3.36. The zero-order valence-corrected chi connectivity index (χ0v) is 14.4. The van der Waals surface area contributed by atoms with E-state index in [0.29, 0.717) is 25.1 Å². The van der Waals surface area contributed by atoms with Crippen LogP contribution in [-0.4, -0.2) is 39.6 Å². The second-order valence-corrected chi connectivity index (χ2v) is 7.67. The molecule has 128 valence electrons. The van der Waals surface area contributed by atoms with Gasteiger partial charge in [-0.25, -0.2) is 13.1 Å². The van der Waals surface area contributed by atoms with E-state index in [0.717, 1.165) is 12.8 Å². The summed E-state index contributed by atoms with van der Waals surface area (Å²) in [4.78, 5) is 12.2. The van der Waals surface area contributed by atoms with Gasteiger partial charge in [0.25, 0.3) is 5.91 Å². The Labute approximate surface area is 137 Å². The van der Waals surface area contributed by atoms with Crippen LogP contribution in [0.3, 0.4) is 0 Å². The fourth-order valence-electron chi connectivity index (χ4n) is 1.99. The van der Waals surface area contributed by atoms with Crippen molar-refractivity contribution in [2.24, 2.45) is 0 Å². The SMILES string of the molecule is CC(C)OCCCNC(=O)c1cccc(S(=O)(=O)NC2CC2)c1. The first-order valence-electron chi connectivity index (χ1n) is 7.90. The van der Waals surface area contributed by atoms with E-state index >= 15 is 0 Å². The average Bonchev–Trinajstić information content (AvgIpc) is 3.30. The topological polar surface area (TPSA) is 84.5 Å². The summed E-state index contributed by atoms with van der Waals surface area (Å²) in [7, 11) is -3.54. The van der Waals surface area contributed by atoms with E-state index in [4.69, 9.17) is 4.74 Å². The van der Waals surface area contributed by atoms with E-state index in [1.165, 1.54) is 12.1 Å². The lowest BCUT2D eigenvalue weighted by molar-refractivity contribution is 0.0757. The van der Waals surface area contributed by atoms with Crippen LogP contribution in [0.25, 0.3) is 0 Å². The number of hydrogen-bond donors (Lipinski definition) is 2. The molecule has 23 heavy (non-hydrogen) atoms. The first-order valence-corrected chi connectivity index (χ1v) is 9.39. The molecule has 0 unspecified atom stereocenters. The van der Waals surface area contributed by atoms with Crippen molar-refractivity contribution in [2.45, 2.75) is 50.2 Å². The average molecular weight is 340 g/mol. The fourth-order valence-corrected chi connectivity index (χ4v) is 3.34. The maximum atomic E-state index is 12.2. The highest BCUT2D eigenvalue weighted by molar-refractivity contribution is 7.89. The zero-order chi connectivity index (χ0) is 16.9. The van der Waals surface area contributed by atoms with Gasteiger partial charge in [0.1, 0.15) is 0 Å². The molecule has 1 saturated carbocycles. The van der Waals surface area contributed by atoms with Gasteiger partial charge >= 0.3 is 0 Å². The molecule has 1 amide bonds. The normalized spacial score (nSPS) is 14.9. The van der Waals surface area contributed by atoms with Gasteiger partial charge in [0.05, 0.1) is 11.0 Å². The maximum absolute atomic E-state index is 12.2. The van der Waals surface area contributed by atoms with Crippen molar-refractivity contribution in [1.82, 2.24) is 10.0 Å². The number of carbonyl (C=O) groups excluding carboxylic acids is 1. The predicted molar refractivity (Wildman–Crippen MR) is 87.8 cm³/mol. The highest BCUT2D eigenvalue weighted by Gasteiger charge is 2.28. The van der Waals surface area contributed by atoms with E-state index in [-0.39, 0.29) is 22.9 Å². The Morgan fingerprint density at radius 2 is 2.09 bits per heavy atom. The molecular formula is C16H24N2O4S. The van der Waals surface area contributed by atoms with Gasteiger partial charge in [0.15, 0.2) is 0 Å². The Kier molecular flexibility index (Phi) is 6.15. The predicted octanol–water partition coefficient (Wildman–Crippen LogP) is 1.67. The Balaban J connectivity index is 1.89. The number of carbonyl (C=O) groups is 1. The van der Waals surface area contributed by atoms with Gasteiger partial charge in [-0.1, -0.05) is 6.07 Å². The van der Waals surface area contributed by atoms with E-state index in [2.05, 4.69) is 10.0 Å². The Morgan fingerprint density at radius 3 is 2.74 bits per heavy atom. The standard InChI is InChI=1S/C16H24N2O4S/c1-12(2)22-10-4-9-17-16(19)13-5-3-6-15(11-13)23(20,21)18-14-7-8-14/h3,5-6,11-12,14,18H,4,7-10H2,1-2H3,(H,17,19). The third kappa shape index (κ3) is 5.93. The van der Waals surface area contributed by atoms with E-state index < -0.39 is 10.0 Å². The number of rotatable bonds is 9. The van der Waals surface area contributed by atoms with Gasteiger partial charge in [-0.2, -0.15) is 0 Å². The summed E-state index contributed by atoms with van der Waals surface area (Å²) in [5.74, 6) is -0.280. The summed E-state index contributed by atoms with van der Waals surface area (Å²) in [5.41, 5.74) is 0.341. The molecule has 0 aliphatic heterocycles. The van der Waals surface area contributed by atoms with Crippen LogP contribution in [0.1, 0.15) is 43.5 Å². The molecule has 0 heterocycles. The zero-order valence-electron chi connectivity index (χ0n) is 13.5. The summed E-state index contributed by atoms with van der Waals surface area (Å²) in [6, 6.07) is 6.13. The van der Waals surface area contributed by atoms with Crippen molar-refractivity contribution in [3.63, 3.8) is 0 Å². The van der Waals surface area contributed by atoms with Crippen molar-refractivity contribution in [2.75, 3.05) is 13.2 Å². The van der Waals surface area contributed by atoms with Gasteiger partial charge in [0, 0.05) is 24.8 Å². The lowest BCUT2D eigenvalue weighted by Crippen LogP contribution is -2.27. The second-order valence-electron chi connectivity index (χ2n) is 5.95. The summed E-state index contributed by atoms with van der Waals surface area (Å²) in [6.07, 6.45) is 2.63. The minimum absolute atomic E-state index is 0.0402. The molecule has 2 N–H and O–H groups in total. The van der Waals surface area contributed by atoms with E-state index in [9.17, 15) is 13.2 Å². The van der Waals surface area contributed by atoms with Crippen LogP contribution in [-0.2, 0) is 14.8 Å². The molecule has 7 heteroatoms. The summed E-state index contributed by atoms with van der Waals surface area (Å²) >= 11 is 0. The number of benzene rings is 1. The Morgan fingerprint density at radius 1 is 1.35 bits per heavy atom. The molecule has 0 atom stereocenters. The van der Waals surface area contributed by atoms with Gasteiger partial charge in [-0.15, -0.1) is 0 Å². The van der Waals surface area contributed by atoms with E-state index in [1.807, 2.05) is 13.8 Å². The number of ether oxygens (including phenoxy) is 1. The van der Waals surface area contributed by atoms with Crippen LogP contribution >= 0.6 is 0 Å². The first-order chi connectivity index (χ1) is 10.9. The highest BCUT2D eigenvalue weighted by Crippen LogP contribution is 2.22. The number of nitrogens with one attached hydrogen (secondary N) is 2. The number of amides is 1. The third-order valence-corrected chi connectivity index (χ3v) is 4.88. The van der Waals surface area contributed by atoms with Gasteiger partial charge in [-0.3, -0.25) is 4.79 Å². The molecule has 1 aliphatic carbocycles. The number of sulfonamides is 1. The van der Waals surface area contributed by atoms with Crippen molar-refractivity contribution >= 4 is 15.9 Å². The van der Waals surface area contributed by atoms with Crippen LogP contribution < -0.4 is 10.0 Å². The summed E-state index contributed by atoms with van der Waals surface area (Å²) < 4.78 is 32.3. The smallest absolute Gasteiger partial charge is 0.251 e. The largest absolute Gasteiger partial charge is 0.379 e. The van der Waals surface area contributed by atoms with Crippen LogP contribution in [0.4, 0.5) is 0 Å². The monoisotopic (exact) mass is 340 g/mol. The lowest BCUT2D eigenvalue weighted by Gasteiger charge is -2.09. The maximum Gasteiger partial charge on any atom is 0.251 e. The van der Waals surface area contributed by atoms with Crippen molar-refractivity contribution in [3.8, 4) is 0 Å². The molecule has 1 aliphatic rings. The number of hydrogen-bond acceptors (Lipinski definition) is 4. The van der Waals surface area contributed by atoms with E-state index in [1.54, 1.807) is 12.1 Å². The Bertz CT molecular complexity index is 639. The molecular weight excluding hydrogens is 316 g/mol. The van der Waals surface area contributed by atoms with Crippen LogP contribution in [0.5, 0.6) is 0 Å². The van der Waals surface area contributed by atoms with Gasteiger partial charge < -0.3 is 10.1 Å². The van der Waals surface area contributed by atoms with Crippen LogP contribution in [0.2, 0.25) is 0 Å². The summed E-state index contributed by atoms with van der Waals surface area (Å²) in [5, 5.41) is 2.77. The van der Waals surface area contributed by atoms with Crippen molar-refractivity contribution < 1.29 is 17.9 Å². The summed E-state index contributed by atoms with van der Waals surface area (Å²) in [6.45, 7) is 4.99. The molecule has 0 spiro atoms. The molecule has 1 aromatic carbocycles. The molecule has 6 nitrogen and oxygen atoms in total.